The van der Waals surface area contributed by atoms with Crippen molar-refractivity contribution >= 4 is 60.5 Å². The van der Waals surface area contributed by atoms with Crippen molar-refractivity contribution in [3.8, 4) is 44.9 Å². The number of furan rings is 1. The van der Waals surface area contributed by atoms with Gasteiger partial charge in [-0.15, -0.1) is 0 Å². The van der Waals surface area contributed by atoms with E-state index < -0.39 is 10.8 Å². The maximum absolute atomic E-state index is 7.37. The SMILES string of the molecule is c1ccc2c(c1)-c1ccccc1C21c2ccccc2-c2c(N(c3ccc4c(c3)C3(c5ccccc5-4)c4ccc5ccccc5c4Oc4c3ccc3ccccc43)c3ccc4oc5ccccc5c4c3)cccc21. The van der Waals surface area contributed by atoms with E-state index in [9.17, 15) is 0 Å². The van der Waals surface area contributed by atoms with Gasteiger partial charge in [-0.2, -0.15) is 0 Å². The first-order valence-electron chi connectivity index (χ1n) is 25.3. The minimum atomic E-state index is -0.720. The Morgan fingerprint density at radius 3 is 1.40 bits per heavy atom. The molecule has 3 nitrogen and oxygen atoms in total. The number of ether oxygens (including phenoxy) is 1. The molecule has 0 amide bonds. The molecular weight excluding hydrogens is 887 g/mol. The van der Waals surface area contributed by atoms with Gasteiger partial charge in [-0.25, -0.2) is 0 Å². The summed E-state index contributed by atoms with van der Waals surface area (Å²) in [5.74, 6) is 1.81. The van der Waals surface area contributed by atoms with Crippen molar-refractivity contribution < 1.29 is 9.15 Å². The highest BCUT2D eigenvalue weighted by atomic mass is 16.5. The predicted octanol–water partition coefficient (Wildman–Crippen LogP) is 18.2. The first kappa shape index (κ1) is 39.3. The van der Waals surface area contributed by atoms with Crippen LogP contribution in [0.5, 0.6) is 11.5 Å². The van der Waals surface area contributed by atoms with Crippen molar-refractivity contribution in [2.45, 2.75) is 10.8 Å². The van der Waals surface area contributed by atoms with Crippen LogP contribution >= 0.6 is 0 Å². The van der Waals surface area contributed by atoms with Crippen LogP contribution in [-0.2, 0) is 10.8 Å². The Morgan fingerprint density at radius 1 is 0.288 bits per heavy atom. The van der Waals surface area contributed by atoms with Crippen molar-refractivity contribution in [2.24, 2.45) is 0 Å². The average molecular weight is 928 g/mol. The predicted molar refractivity (Wildman–Crippen MR) is 297 cm³/mol. The summed E-state index contributed by atoms with van der Waals surface area (Å²) in [4.78, 5) is 2.53. The first-order chi connectivity index (χ1) is 36.2. The summed E-state index contributed by atoms with van der Waals surface area (Å²) >= 11 is 0. The Morgan fingerprint density at radius 2 is 0.753 bits per heavy atom. The third-order valence-electron chi connectivity index (χ3n) is 16.9. The van der Waals surface area contributed by atoms with Gasteiger partial charge in [0.15, 0.2) is 0 Å². The number of fused-ring (bicyclic) bond motifs is 26. The lowest BCUT2D eigenvalue weighted by molar-refractivity contribution is 0.447. The maximum Gasteiger partial charge on any atom is 0.140 e. The number of benzene rings is 12. The molecule has 0 unspecified atom stereocenters. The highest BCUT2D eigenvalue weighted by molar-refractivity contribution is 6.08. The second-order valence-corrected chi connectivity index (χ2v) is 20.2. The molecule has 338 valence electrons. The zero-order valence-corrected chi connectivity index (χ0v) is 39.4. The van der Waals surface area contributed by atoms with E-state index in [1.54, 1.807) is 0 Å². The van der Waals surface area contributed by atoms with Crippen LogP contribution in [0.1, 0.15) is 44.5 Å². The zero-order chi connectivity index (χ0) is 47.6. The van der Waals surface area contributed by atoms with Gasteiger partial charge in [0.1, 0.15) is 22.7 Å². The van der Waals surface area contributed by atoms with E-state index in [1.165, 1.54) is 66.8 Å². The summed E-state index contributed by atoms with van der Waals surface area (Å²) in [5, 5.41) is 6.68. The Labute approximate surface area is 421 Å². The molecule has 2 heterocycles. The van der Waals surface area contributed by atoms with Gasteiger partial charge in [-0.1, -0.05) is 206 Å². The molecule has 0 fully saturated rings. The van der Waals surface area contributed by atoms with E-state index in [4.69, 9.17) is 9.15 Å². The van der Waals surface area contributed by atoms with Crippen LogP contribution in [0.15, 0.2) is 253 Å². The van der Waals surface area contributed by atoms with Crippen LogP contribution in [0.25, 0.3) is 76.9 Å². The summed E-state index contributed by atoms with van der Waals surface area (Å²) in [6, 6.07) is 92.3. The molecule has 12 aromatic carbocycles. The van der Waals surface area contributed by atoms with Crippen molar-refractivity contribution in [1.82, 2.24) is 0 Å². The zero-order valence-electron chi connectivity index (χ0n) is 39.4. The number of rotatable bonds is 3. The molecule has 17 rings (SSSR count). The molecule has 3 aliphatic carbocycles. The van der Waals surface area contributed by atoms with E-state index in [0.717, 1.165) is 83.2 Å². The van der Waals surface area contributed by atoms with Gasteiger partial charge in [0.05, 0.1) is 16.5 Å². The average Bonchev–Trinajstić information content (AvgIpc) is 4.24. The number of hydrogen-bond acceptors (Lipinski definition) is 3. The Hall–Kier alpha value is -9.44. The van der Waals surface area contributed by atoms with Gasteiger partial charge in [0, 0.05) is 49.6 Å². The Kier molecular flexibility index (Phi) is 7.60. The number of para-hydroxylation sites is 1. The topological polar surface area (TPSA) is 25.6 Å². The maximum atomic E-state index is 7.37. The monoisotopic (exact) mass is 927 g/mol. The lowest BCUT2D eigenvalue weighted by atomic mass is 9.65. The molecule has 1 aromatic heterocycles. The first-order valence-corrected chi connectivity index (χ1v) is 25.3. The molecule has 4 aliphatic rings. The van der Waals surface area contributed by atoms with Gasteiger partial charge in [-0.3, -0.25) is 0 Å². The summed E-state index contributed by atoms with van der Waals surface area (Å²) in [6.07, 6.45) is 0. The molecule has 0 bridgehead atoms. The molecule has 0 N–H and O–H groups in total. The number of anilines is 3. The second-order valence-electron chi connectivity index (χ2n) is 20.2. The van der Waals surface area contributed by atoms with Gasteiger partial charge in [0.2, 0.25) is 0 Å². The second kappa shape index (κ2) is 14.1. The van der Waals surface area contributed by atoms with Crippen molar-refractivity contribution in [2.75, 3.05) is 4.90 Å². The smallest absolute Gasteiger partial charge is 0.140 e. The van der Waals surface area contributed by atoms with E-state index in [0.29, 0.717) is 0 Å². The molecule has 0 radical (unpaired) electrons. The van der Waals surface area contributed by atoms with E-state index in [-0.39, 0.29) is 0 Å². The normalized spacial score (nSPS) is 14.4. The third-order valence-corrected chi connectivity index (χ3v) is 16.9. The lowest BCUT2D eigenvalue weighted by Crippen LogP contribution is -2.32. The van der Waals surface area contributed by atoms with Gasteiger partial charge in [0.25, 0.3) is 0 Å². The minimum absolute atomic E-state index is 0.504. The molecule has 3 heteroatoms. The minimum Gasteiger partial charge on any atom is -0.456 e. The molecule has 0 saturated carbocycles. The lowest BCUT2D eigenvalue weighted by Gasteiger charge is -2.40. The standard InChI is InChI=1S/C70H41NO2/c1-3-18-46-42(16-1)32-37-60-67(46)73-68-47-19-4-2-17-43(47)33-38-61(68)70(60)57-27-12-7-22-50(57)51-36-34-45(41-62(51)70)71(44-35-39-65-54(40-44)52-23-9-14-31-64(52)72-65)63-30-15-29-59-66(63)53-24-8-13-28-58(53)69(59)55-25-10-5-20-48(55)49-21-6-11-26-56(49)69/h1-41H. The van der Waals surface area contributed by atoms with Crippen LogP contribution in [0.4, 0.5) is 17.1 Å². The van der Waals surface area contributed by atoms with Gasteiger partial charge in [-0.05, 0) is 114 Å². The number of hydrogen-bond donors (Lipinski definition) is 0. The fourth-order valence-corrected chi connectivity index (χ4v) is 14.1. The largest absolute Gasteiger partial charge is 0.456 e. The van der Waals surface area contributed by atoms with Crippen LogP contribution in [-0.4, -0.2) is 0 Å². The van der Waals surface area contributed by atoms with E-state index >= 15 is 0 Å². The molecule has 2 spiro atoms. The fourth-order valence-electron chi connectivity index (χ4n) is 14.1. The van der Waals surface area contributed by atoms with E-state index in [1.807, 2.05) is 0 Å². The molecular formula is C70H41NO2. The summed E-state index contributed by atoms with van der Waals surface area (Å²) in [5.41, 5.74) is 21.3. The third kappa shape index (κ3) is 4.85. The van der Waals surface area contributed by atoms with Crippen LogP contribution in [0.2, 0.25) is 0 Å². The molecule has 13 aromatic rings. The van der Waals surface area contributed by atoms with Gasteiger partial charge >= 0.3 is 0 Å². The molecule has 73 heavy (non-hydrogen) atoms. The fraction of sp³-hybridized carbons (Fsp3) is 0.0286. The van der Waals surface area contributed by atoms with Crippen molar-refractivity contribution in [1.29, 1.82) is 0 Å². The summed E-state index contributed by atoms with van der Waals surface area (Å²) in [6.45, 7) is 0. The van der Waals surface area contributed by atoms with Crippen molar-refractivity contribution in [3.05, 3.63) is 293 Å². The summed E-state index contributed by atoms with van der Waals surface area (Å²) < 4.78 is 13.9. The number of nitrogens with zero attached hydrogens (tertiary/aromatic N) is 1. The highest BCUT2D eigenvalue weighted by Crippen LogP contribution is 2.67. The highest BCUT2D eigenvalue weighted by Gasteiger charge is 2.54. The Balaban J connectivity index is 0.990. The van der Waals surface area contributed by atoms with E-state index in [2.05, 4.69) is 254 Å². The van der Waals surface area contributed by atoms with Crippen molar-refractivity contribution in [3.63, 3.8) is 0 Å². The molecule has 0 saturated heterocycles. The van der Waals surface area contributed by atoms with Crippen LogP contribution < -0.4 is 9.64 Å². The van der Waals surface area contributed by atoms with Crippen LogP contribution in [0, 0.1) is 0 Å². The summed E-state index contributed by atoms with van der Waals surface area (Å²) in [7, 11) is 0. The Bertz CT molecular complexity index is 4440. The van der Waals surface area contributed by atoms with Gasteiger partial charge < -0.3 is 14.1 Å². The van der Waals surface area contributed by atoms with Crippen LogP contribution in [0.3, 0.4) is 0 Å². The quantitative estimate of drug-likeness (QED) is 0.177. The molecule has 0 atom stereocenters. The molecule has 1 aliphatic heterocycles.